The van der Waals surface area contributed by atoms with Crippen LogP contribution in [0.2, 0.25) is 0 Å². The highest BCUT2D eigenvalue weighted by atomic mass is 32.2. The molecule has 3 rings (SSSR count). The number of carbonyl (C=O) groups is 2. The minimum atomic E-state index is -0.0133. The van der Waals surface area contributed by atoms with E-state index in [2.05, 4.69) is 12.2 Å². The monoisotopic (exact) mass is 367 g/mol. The Hall–Kier alpha value is -2.07. The summed E-state index contributed by atoms with van der Waals surface area (Å²) >= 11 is 1.47. The van der Waals surface area contributed by atoms with Gasteiger partial charge in [-0.15, -0.1) is 11.8 Å². The second-order valence-corrected chi connectivity index (χ2v) is 8.00. The first-order valence-electron chi connectivity index (χ1n) is 9.25. The highest BCUT2D eigenvalue weighted by Gasteiger charge is 2.23. The van der Waals surface area contributed by atoms with Gasteiger partial charge in [0.1, 0.15) is 0 Å². The van der Waals surface area contributed by atoms with E-state index in [1.54, 1.807) is 0 Å². The fourth-order valence-electron chi connectivity index (χ4n) is 3.37. The number of Topliss-reactive ketones (excluding diaryl/α,β-unsaturated/α-hetero) is 1. The van der Waals surface area contributed by atoms with E-state index in [0.29, 0.717) is 17.2 Å². The van der Waals surface area contributed by atoms with Gasteiger partial charge in [-0.1, -0.05) is 56.2 Å². The van der Waals surface area contributed by atoms with Crippen molar-refractivity contribution >= 4 is 23.5 Å². The summed E-state index contributed by atoms with van der Waals surface area (Å²) in [5.41, 5.74) is 1.39. The van der Waals surface area contributed by atoms with E-state index in [1.165, 1.54) is 31.0 Å². The van der Waals surface area contributed by atoms with Gasteiger partial charge in [0.15, 0.2) is 5.78 Å². The van der Waals surface area contributed by atoms with E-state index in [-0.39, 0.29) is 17.7 Å². The predicted octanol–water partition coefficient (Wildman–Crippen LogP) is 4.97. The van der Waals surface area contributed by atoms with Gasteiger partial charge in [-0.2, -0.15) is 0 Å². The van der Waals surface area contributed by atoms with Crippen LogP contribution in [0.5, 0.6) is 0 Å². The number of hydrogen-bond donors (Lipinski definition) is 1. The molecule has 0 bridgehead atoms. The molecule has 0 saturated heterocycles. The lowest BCUT2D eigenvalue weighted by Crippen LogP contribution is -2.41. The number of hydrogen-bond acceptors (Lipinski definition) is 3. The van der Waals surface area contributed by atoms with Crippen molar-refractivity contribution in [3.63, 3.8) is 0 Å². The fourth-order valence-corrected chi connectivity index (χ4v) is 4.22. The molecule has 2 unspecified atom stereocenters. The maximum atomic E-state index is 12.6. The zero-order valence-electron chi connectivity index (χ0n) is 15.1. The second-order valence-electron chi connectivity index (χ2n) is 6.95. The number of nitrogens with one attached hydrogen (secondary N) is 1. The number of benzene rings is 2. The van der Waals surface area contributed by atoms with Gasteiger partial charge in [-0.05, 0) is 37.0 Å². The Labute approximate surface area is 159 Å². The summed E-state index contributed by atoms with van der Waals surface area (Å²) in [6, 6.07) is 17.1. The molecule has 26 heavy (non-hydrogen) atoms. The van der Waals surface area contributed by atoms with Crippen LogP contribution in [0.25, 0.3) is 0 Å². The Balaban J connectivity index is 1.59. The summed E-state index contributed by atoms with van der Waals surface area (Å²) in [4.78, 5) is 25.8. The van der Waals surface area contributed by atoms with Crippen LogP contribution in [0, 0.1) is 5.92 Å². The standard InChI is InChI=1S/C22H25NO2S/c1-16-8-5-6-13-20(16)23-22(25)18-11-7-12-19(14-18)26-15-21(24)17-9-3-2-4-10-17/h2-4,7,9-12,14,16,20H,5-6,8,13,15H2,1H3,(H,23,25). The molecule has 1 amide bonds. The van der Waals surface area contributed by atoms with E-state index in [1.807, 2.05) is 54.6 Å². The number of carbonyl (C=O) groups excluding carboxylic acids is 2. The summed E-state index contributed by atoms with van der Waals surface area (Å²) in [6.07, 6.45) is 4.69. The molecule has 4 heteroatoms. The first kappa shape index (κ1) is 18.7. The van der Waals surface area contributed by atoms with Gasteiger partial charge in [0, 0.05) is 22.1 Å². The lowest BCUT2D eigenvalue weighted by atomic mass is 9.86. The lowest BCUT2D eigenvalue weighted by Gasteiger charge is -2.29. The van der Waals surface area contributed by atoms with E-state index >= 15 is 0 Å². The summed E-state index contributed by atoms with van der Waals surface area (Å²) in [5, 5.41) is 3.19. The Morgan fingerprint density at radius 3 is 2.50 bits per heavy atom. The first-order valence-corrected chi connectivity index (χ1v) is 10.2. The molecule has 1 aliphatic carbocycles. The van der Waals surface area contributed by atoms with Gasteiger partial charge in [0.05, 0.1) is 5.75 Å². The molecule has 2 atom stereocenters. The molecule has 0 spiro atoms. The third-order valence-corrected chi connectivity index (χ3v) is 5.98. The molecule has 1 saturated carbocycles. The van der Waals surface area contributed by atoms with Crippen LogP contribution >= 0.6 is 11.8 Å². The van der Waals surface area contributed by atoms with Crippen molar-refractivity contribution in [2.75, 3.05) is 5.75 Å². The third-order valence-electron chi connectivity index (χ3n) is 4.99. The van der Waals surface area contributed by atoms with Crippen molar-refractivity contribution in [2.45, 2.75) is 43.5 Å². The molecule has 2 aromatic rings. The molecule has 1 aliphatic rings. The molecule has 0 radical (unpaired) electrons. The Bertz CT molecular complexity index is 760. The predicted molar refractivity (Wildman–Crippen MR) is 107 cm³/mol. The molecule has 0 aliphatic heterocycles. The van der Waals surface area contributed by atoms with Crippen LogP contribution < -0.4 is 5.32 Å². The zero-order chi connectivity index (χ0) is 18.4. The molecule has 0 aromatic heterocycles. The molecule has 3 nitrogen and oxygen atoms in total. The third kappa shape index (κ3) is 4.98. The van der Waals surface area contributed by atoms with Gasteiger partial charge in [0.2, 0.25) is 0 Å². The average molecular weight is 368 g/mol. The van der Waals surface area contributed by atoms with Gasteiger partial charge in [-0.3, -0.25) is 9.59 Å². The quantitative estimate of drug-likeness (QED) is 0.579. The van der Waals surface area contributed by atoms with Crippen molar-refractivity contribution < 1.29 is 9.59 Å². The van der Waals surface area contributed by atoms with E-state index in [4.69, 9.17) is 0 Å². The average Bonchev–Trinajstić information content (AvgIpc) is 2.69. The van der Waals surface area contributed by atoms with Gasteiger partial charge in [0.25, 0.3) is 5.91 Å². The first-order chi connectivity index (χ1) is 12.6. The minimum Gasteiger partial charge on any atom is -0.349 e. The summed E-state index contributed by atoms with van der Waals surface area (Å²) in [7, 11) is 0. The van der Waals surface area contributed by atoms with Crippen LogP contribution in [0.15, 0.2) is 59.5 Å². The van der Waals surface area contributed by atoms with Crippen molar-refractivity contribution in [3.05, 3.63) is 65.7 Å². The van der Waals surface area contributed by atoms with Crippen LogP contribution in [0.3, 0.4) is 0 Å². The maximum absolute atomic E-state index is 12.6. The van der Waals surface area contributed by atoms with Gasteiger partial charge < -0.3 is 5.32 Å². The number of thioether (sulfide) groups is 1. The summed E-state index contributed by atoms with van der Waals surface area (Å²) in [6.45, 7) is 2.21. The van der Waals surface area contributed by atoms with Crippen LogP contribution in [-0.2, 0) is 0 Å². The Morgan fingerprint density at radius 1 is 1.00 bits per heavy atom. The summed E-state index contributed by atoms with van der Waals surface area (Å²) < 4.78 is 0. The van der Waals surface area contributed by atoms with Gasteiger partial charge in [-0.25, -0.2) is 0 Å². The van der Waals surface area contributed by atoms with Crippen molar-refractivity contribution in [1.29, 1.82) is 0 Å². The SMILES string of the molecule is CC1CCCCC1NC(=O)c1cccc(SCC(=O)c2ccccc2)c1. The normalized spacial score (nSPS) is 19.7. The lowest BCUT2D eigenvalue weighted by molar-refractivity contribution is 0.0909. The topological polar surface area (TPSA) is 46.2 Å². The van der Waals surface area contributed by atoms with Crippen LogP contribution in [0.4, 0.5) is 0 Å². The fraction of sp³-hybridized carbons (Fsp3) is 0.364. The van der Waals surface area contributed by atoms with Crippen LogP contribution in [-0.4, -0.2) is 23.5 Å². The van der Waals surface area contributed by atoms with E-state index in [0.717, 1.165) is 16.9 Å². The Morgan fingerprint density at radius 2 is 1.73 bits per heavy atom. The van der Waals surface area contributed by atoms with Crippen molar-refractivity contribution in [1.82, 2.24) is 5.32 Å². The number of amides is 1. The zero-order valence-corrected chi connectivity index (χ0v) is 15.9. The second kappa shape index (κ2) is 9.04. The number of ketones is 1. The van der Waals surface area contributed by atoms with Gasteiger partial charge >= 0.3 is 0 Å². The van der Waals surface area contributed by atoms with Crippen molar-refractivity contribution in [3.8, 4) is 0 Å². The molecule has 0 heterocycles. The highest BCUT2D eigenvalue weighted by molar-refractivity contribution is 8.00. The Kier molecular flexibility index (Phi) is 6.51. The van der Waals surface area contributed by atoms with E-state index < -0.39 is 0 Å². The minimum absolute atomic E-state index is 0.0133. The highest BCUT2D eigenvalue weighted by Crippen LogP contribution is 2.25. The molecule has 1 N–H and O–H groups in total. The smallest absolute Gasteiger partial charge is 0.251 e. The molecule has 2 aromatic carbocycles. The maximum Gasteiger partial charge on any atom is 0.251 e. The summed E-state index contributed by atoms with van der Waals surface area (Å²) in [5.74, 6) is 0.991. The molecular weight excluding hydrogens is 342 g/mol. The molecular formula is C22H25NO2S. The molecule has 1 fully saturated rings. The van der Waals surface area contributed by atoms with E-state index in [9.17, 15) is 9.59 Å². The molecule has 136 valence electrons. The van der Waals surface area contributed by atoms with Crippen molar-refractivity contribution in [2.24, 2.45) is 5.92 Å². The van der Waals surface area contributed by atoms with Crippen LogP contribution in [0.1, 0.15) is 53.3 Å². The number of rotatable bonds is 6. The largest absolute Gasteiger partial charge is 0.349 e.